The minimum Gasteiger partial charge on any atom is -0.422 e. The summed E-state index contributed by atoms with van der Waals surface area (Å²) in [5.74, 6) is -1.11. The molecule has 0 saturated carbocycles. The summed E-state index contributed by atoms with van der Waals surface area (Å²) in [6.45, 7) is 3.39. The summed E-state index contributed by atoms with van der Waals surface area (Å²) in [6, 6.07) is 14.2. The highest BCUT2D eigenvalue weighted by atomic mass is 32.2. The predicted octanol–water partition coefficient (Wildman–Crippen LogP) is 4.08. The van der Waals surface area contributed by atoms with Crippen LogP contribution in [-0.2, 0) is 9.59 Å². The van der Waals surface area contributed by atoms with Gasteiger partial charge in [-0.3, -0.25) is 19.3 Å². The molecule has 3 aromatic rings. The minimum absolute atomic E-state index is 0.0619. The molecule has 4 rings (SSSR count). The molecule has 0 spiro atoms. The van der Waals surface area contributed by atoms with Crippen molar-refractivity contribution in [2.75, 3.05) is 11.9 Å². The zero-order valence-corrected chi connectivity index (χ0v) is 17.6. The lowest BCUT2D eigenvalue weighted by molar-refractivity contribution is -0.127. The molecule has 3 amide bonds. The first-order valence-electron chi connectivity index (χ1n) is 9.47. The van der Waals surface area contributed by atoms with Crippen LogP contribution in [0.3, 0.4) is 0 Å². The number of nitrogens with one attached hydrogen (secondary N) is 1. The Hall–Kier alpha value is -3.65. The molecule has 0 unspecified atom stereocenters. The maximum absolute atomic E-state index is 12.7. The van der Waals surface area contributed by atoms with Crippen molar-refractivity contribution in [3.63, 3.8) is 0 Å². The molecular formula is C23H18N2O5S. The normalized spacial score (nSPS) is 15.2. The SMILES string of the molecule is Cc1ccc(NC(=O)CN2C(=O)S/C(=C/c3cc4ccccc4oc3=O)C2=O)c(C)c1. The second-order valence-corrected chi connectivity index (χ2v) is 8.15. The lowest BCUT2D eigenvalue weighted by Gasteiger charge is -2.13. The van der Waals surface area contributed by atoms with Gasteiger partial charge in [-0.2, -0.15) is 0 Å². The van der Waals surface area contributed by atoms with Gasteiger partial charge in [-0.05, 0) is 55.4 Å². The molecule has 1 aliphatic heterocycles. The molecular weight excluding hydrogens is 416 g/mol. The Morgan fingerprint density at radius 2 is 1.87 bits per heavy atom. The standard InChI is InChI=1S/C23H18N2O5S/c1-13-7-8-17(14(2)9-13)24-20(26)12-25-21(27)19(31-23(25)29)11-16-10-15-5-3-4-6-18(15)30-22(16)28/h3-11H,12H2,1-2H3,(H,24,26)/b19-11+. The molecule has 1 N–H and O–H groups in total. The zero-order chi connectivity index (χ0) is 22.1. The molecule has 8 heteroatoms. The van der Waals surface area contributed by atoms with Crippen LogP contribution in [0.4, 0.5) is 10.5 Å². The number of imide groups is 1. The molecule has 1 saturated heterocycles. The molecule has 2 heterocycles. The van der Waals surface area contributed by atoms with E-state index in [1.807, 2.05) is 26.0 Å². The van der Waals surface area contributed by atoms with E-state index in [1.165, 1.54) is 6.08 Å². The van der Waals surface area contributed by atoms with Gasteiger partial charge in [0.25, 0.3) is 11.1 Å². The average molecular weight is 434 g/mol. The average Bonchev–Trinajstić information content (AvgIpc) is 2.98. The fourth-order valence-electron chi connectivity index (χ4n) is 3.24. The van der Waals surface area contributed by atoms with Gasteiger partial charge < -0.3 is 9.73 Å². The number of carbonyl (C=O) groups excluding carboxylic acids is 3. The van der Waals surface area contributed by atoms with Crippen LogP contribution in [0.15, 0.2) is 62.6 Å². The molecule has 1 aliphatic rings. The third kappa shape index (κ3) is 4.29. The van der Waals surface area contributed by atoms with Crippen molar-refractivity contribution in [1.82, 2.24) is 4.90 Å². The van der Waals surface area contributed by atoms with Crippen molar-refractivity contribution in [2.24, 2.45) is 0 Å². The summed E-state index contributed by atoms with van der Waals surface area (Å²) >= 11 is 0.682. The maximum Gasteiger partial charge on any atom is 0.343 e. The number of benzene rings is 2. The smallest absolute Gasteiger partial charge is 0.343 e. The first-order chi connectivity index (χ1) is 14.8. The Labute approximate surface area is 181 Å². The molecule has 156 valence electrons. The van der Waals surface area contributed by atoms with Crippen molar-refractivity contribution in [2.45, 2.75) is 13.8 Å². The Morgan fingerprint density at radius 3 is 2.65 bits per heavy atom. The van der Waals surface area contributed by atoms with Gasteiger partial charge in [0.1, 0.15) is 12.1 Å². The monoisotopic (exact) mass is 434 g/mol. The summed E-state index contributed by atoms with van der Waals surface area (Å²) in [5.41, 5.74) is 2.53. The van der Waals surface area contributed by atoms with E-state index in [-0.39, 0.29) is 10.5 Å². The number of thioether (sulfide) groups is 1. The van der Waals surface area contributed by atoms with Crippen LogP contribution in [0.1, 0.15) is 16.7 Å². The van der Waals surface area contributed by atoms with Gasteiger partial charge in [0.2, 0.25) is 5.91 Å². The van der Waals surface area contributed by atoms with Gasteiger partial charge in [0, 0.05) is 11.1 Å². The van der Waals surface area contributed by atoms with Crippen LogP contribution in [0, 0.1) is 13.8 Å². The van der Waals surface area contributed by atoms with E-state index in [0.29, 0.717) is 28.4 Å². The molecule has 7 nitrogen and oxygen atoms in total. The number of anilines is 1. The van der Waals surface area contributed by atoms with E-state index < -0.39 is 29.2 Å². The molecule has 2 aromatic carbocycles. The fourth-order valence-corrected chi connectivity index (χ4v) is 4.07. The number of amides is 3. The Bertz CT molecular complexity index is 1330. The van der Waals surface area contributed by atoms with Gasteiger partial charge in [-0.15, -0.1) is 0 Å². The van der Waals surface area contributed by atoms with Crippen LogP contribution in [0.5, 0.6) is 0 Å². The highest BCUT2D eigenvalue weighted by Crippen LogP contribution is 2.32. The number of para-hydroxylation sites is 1. The van der Waals surface area contributed by atoms with Crippen LogP contribution in [-0.4, -0.2) is 28.5 Å². The van der Waals surface area contributed by atoms with Crippen LogP contribution >= 0.6 is 11.8 Å². The number of aryl methyl sites for hydroxylation is 2. The second-order valence-electron chi connectivity index (χ2n) is 7.16. The van der Waals surface area contributed by atoms with E-state index in [4.69, 9.17) is 4.42 Å². The maximum atomic E-state index is 12.7. The predicted molar refractivity (Wildman–Crippen MR) is 120 cm³/mol. The molecule has 0 aliphatic carbocycles. The van der Waals surface area contributed by atoms with Crippen LogP contribution in [0.25, 0.3) is 17.0 Å². The number of carbonyl (C=O) groups is 3. The number of hydrogen-bond donors (Lipinski definition) is 1. The van der Waals surface area contributed by atoms with Gasteiger partial charge in [-0.1, -0.05) is 35.9 Å². The summed E-state index contributed by atoms with van der Waals surface area (Å²) in [4.78, 5) is 50.6. The van der Waals surface area contributed by atoms with E-state index in [2.05, 4.69) is 5.32 Å². The van der Waals surface area contributed by atoms with Crippen molar-refractivity contribution >= 4 is 51.5 Å². The Morgan fingerprint density at radius 1 is 1.10 bits per heavy atom. The molecule has 1 fully saturated rings. The first kappa shape index (κ1) is 20.6. The van der Waals surface area contributed by atoms with Gasteiger partial charge in [0.05, 0.1) is 10.5 Å². The largest absolute Gasteiger partial charge is 0.422 e. The van der Waals surface area contributed by atoms with E-state index in [1.54, 1.807) is 36.4 Å². The summed E-state index contributed by atoms with van der Waals surface area (Å²) in [5, 5.41) is 2.84. The van der Waals surface area contributed by atoms with Crippen molar-refractivity contribution < 1.29 is 18.8 Å². The lowest BCUT2D eigenvalue weighted by Crippen LogP contribution is -2.36. The first-order valence-corrected chi connectivity index (χ1v) is 10.3. The highest BCUT2D eigenvalue weighted by Gasteiger charge is 2.36. The van der Waals surface area contributed by atoms with Crippen molar-refractivity contribution in [3.05, 3.63) is 80.5 Å². The fraction of sp³-hybridized carbons (Fsp3) is 0.130. The van der Waals surface area contributed by atoms with Crippen LogP contribution < -0.4 is 10.9 Å². The number of hydrogen-bond acceptors (Lipinski definition) is 6. The summed E-state index contributed by atoms with van der Waals surface area (Å²) < 4.78 is 5.26. The zero-order valence-electron chi connectivity index (χ0n) is 16.8. The van der Waals surface area contributed by atoms with E-state index in [9.17, 15) is 19.2 Å². The van der Waals surface area contributed by atoms with Crippen molar-refractivity contribution in [3.8, 4) is 0 Å². The number of fused-ring (bicyclic) bond motifs is 1. The van der Waals surface area contributed by atoms with Gasteiger partial charge >= 0.3 is 5.63 Å². The quantitative estimate of drug-likeness (QED) is 0.491. The molecule has 0 atom stereocenters. The van der Waals surface area contributed by atoms with Crippen molar-refractivity contribution in [1.29, 1.82) is 0 Å². The lowest BCUT2D eigenvalue weighted by atomic mass is 10.1. The Balaban J connectivity index is 1.53. The summed E-state index contributed by atoms with van der Waals surface area (Å²) in [7, 11) is 0. The number of nitrogens with zero attached hydrogens (tertiary/aromatic N) is 1. The summed E-state index contributed by atoms with van der Waals surface area (Å²) in [6.07, 6.45) is 1.32. The van der Waals surface area contributed by atoms with E-state index in [0.717, 1.165) is 16.0 Å². The third-order valence-corrected chi connectivity index (χ3v) is 5.69. The molecule has 1 aromatic heterocycles. The third-order valence-electron chi connectivity index (χ3n) is 4.79. The molecule has 0 bridgehead atoms. The van der Waals surface area contributed by atoms with Crippen LogP contribution in [0.2, 0.25) is 0 Å². The van der Waals surface area contributed by atoms with E-state index >= 15 is 0 Å². The minimum atomic E-state index is -0.627. The topological polar surface area (TPSA) is 96.7 Å². The number of rotatable bonds is 4. The van der Waals surface area contributed by atoms with Gasteiger partial charge in [0.15, 0.2) is 0 Å². The molecule has 31 heavy (non-hydrogen) atoms. The second kappa shape index (κ2) is 8.23. The Kier molecular flexibility index (Phi) is 5.48. The van der Waals surface area contributed by atoms with Gasteiger partial charge in [-0.25, -0.2) is 4.79 Å². The highest BCUT2D eigenvalue weighted by molar-refractivity contribution is 8.18. The molecule has 0 radical (unpaired) electrons.